The van der Waals surface area contributed by atoms with Crippen LogP contribution >= 0.6 is 35.3 Å². The van der Waals surface area contributed by atoms with Gasteiger partial charge in [-0.25, -0.2) is 13.6 Å². The summed E-state index contributed by atoms with van der Waals surface area (Å²) in [7, 11) is -3.66. The Balaban J connectivity index is 0.00000408. The summed E-state index contributed by atoms with van der Waals surface area (Å²) in [4.78, 5) is 14.2. The first-order valence-corrected chi connectivity index (χ1v) is 13.5. The Labute approximate surface area is 213 Å². The Kier molecular flexibility index (Phi) is 10.4. The van der Waals surface area contributed by atoms with Gasteiger partial charge in [-0.1, -0.05) is 48.1 Å². The molecule has 0 aliphatic carbocycles. The summed E-state index contributed by atoms with van der Waals surface area (Å²) >= 11 is 6.98. The van der Waals surface area contributed by atoms with Crippen LogP contribution in [0.2, 0.25) is 5.02 Å². The molecule has 2 aromatic carbocycles. The molecule has 0 saturated heterocycles. The molecule has 3 rings (SSSR count). The van der Waals surface area contributed by atoms with E-state index in [1.54, 1.807) is 12.1 Å². The van der Waals surface area contributed by atoms with Crippen molar-refractivity contribution < 1.29 is 18.3 Å². The Bertz CT molecular complexity index is 1250. The van der Waals surface area contributed by atoms with E-state index in [0.717, 1.165) is 22.5 Å². The molecule has 1 aromatic heterocycles. The molecule has 1 heterocycles. The van der Waals surface area contributed by atoms with E-state index in [1.807, 2.05) is 31.2 Å². The molecule has 0 aliphatic rings. The lowest BCUT2D eigenvalue weighted by molar-refractivity contribution is -0.0744. The van der Waals surface area contributed by atoms with E-state index in [0.29, 0.717) is 47.7 Å². The zero-order chi connectivity index (χ0) is 24.1. The van der Waals surface area contributed by atoms with Crippen molar-refractivity contribution in [2.75, 3.05) is 18.9 Å². The standard InChI is InChI=1S/C22H28ClN3O5S2.ClH/c1-2-22(11-14-33(24,29)30,31-13-10-15-3-6-17(23)7-4-15)25-12-9-16-5-8-18(27)19-20(16)32-21(28)26-19;/h3-8,25,27H,2,9-14H2,1H3,(H,26,28)(H2,24,29,30);1H. The Morgan fingerprint density at radius 3 is 2.56 bits per heavy atom. The van der Waals surface area contributed by atoms with Gasteiger partial charge in [0.05, 0.1) is 17.1 Å². The number of hydrogen-bond donors (Lipinski definition) is 4. The monoisotopic (exact) mass is 549 g/mol. The van der Waals surface area contributed by atoms with E-state index >= 15 is 0 Å². The number of nitrogens with one attached hydrogen (secondary N) is 2. The summed E-state index contributed by atoms with van der Waals surface area (Å²) in [6.45, 7) is 2.79. The first kappa shape index (κ1) is 28.6. The maximum Gasteiger partial charge on any atom is 0.305 e. The number of thiazole rings is 1. The minimum atomic E-state index is -3.66. The van der Waals surface area contributed by atoms with Gasteiger partial charge in [0.1, 0.15) is 17.0 Å². The van der Waals surface area contributed by atoms with Crippen molar-refractivity contribution in [3.63, 3.8) is 0 Å². The van der Waals surface area contributed by atoms with Gasteiger partial charge in [0.25, 0.3) is 0 Å². The lowest BCUT2D eigenvalue weighted by atomic mass is 10.1. The van der Waals surface area contributed by atoms with Crippen LogP contribution in [0.4, 0.5) is 0 Å². The molecule has 12 heteroatoms. The van der Waals surface area contributed by atoms with Crippen molar-refractivity contribution in [3.05, 3.63) is 62.2 Å². The number of sulfonamides is 1. The Morgan fingerprint density at radius 1 is 1.21 bits per heavy atom. The van der Waals surface area contributed by atoms with E-state index in [4.69, 9.17) is 21.5 Å². The van der Waals surface area contributed by atoms with Gasteiger partial charge in [0.2, 0.25) is 10.0 Å². The van der Waals surface area contributed by atoms with Crippen LogP contribution in [-0.4, -0.2) is 43.1 Å². The average molecular weight is 551 g/mol. The first-order chi connectivity index (χ1) is 15.6. The van der Waals surface area contributed by atoms with Crippen molar-refractivity contribution in [1.82, 2.24) is 10.3 Å². The molecule has 34 heavy (non-hydrogen) atoms. The number of ether oxygens (including phenoxy) is 1. The summed E-state index contributed by atoms with van der Waals surface area (Å²) < 4.78 is 30.2. The second-order valence-corrected chi connectivity index (χ2v) is 11.0. The summed E-state index contributed by atoms with van der Waals surface area (Å²) in [5.41, 5.74) is 1.51. The second kappa shape index (κ2) is 12.3. The highest BCUT2D eigenvalue weighted by Crippen LogP contribution is 2.28. The maximum absolute atomic E-state index is 11.7. The fourth-order valence-electron chi connectivity index (χ4n) is 3.63. The molecule has 8 nitrogen and oxygen atoms in total. The third kappa shape index (κ3) is 7.94. The number of halogens is 2. The minimum absolute atomic E-state index is 0. The number of hydrogen-bond acceptors (Lipinski definition) is 7. The van der Waals surface area contributed by atoms with Crippen LogP contribution in [0.15, 0.2) is 41.2 Å². The zero-order valence-corrected chi connectivity index (χ0v) is 21.9. The molecule has 0 bridgehead atoms. The Hall–Kier alpha value is -1.66. The SMILES string of the molecule is CCC(CCS(N)(=O)=O)(NCCc1ccc(O)c2[nH]c(=O)sc12)OCCc1ccc(Cl)cc1.Cl. The van der Waals surface area contributed by atoms with Crippen molar-refractivity contribution in [1.29, 1.82) is 0 Å². The average Bonchev–Trinajstić information content (AvgIpc) is 3.17. The number of aromatic nitrogens is 1. The van der Waals surface area contributed by atoms with Gasteiger partial charge in [-0.15, -0.1) is 12.4 Å². The molecule has 188 valence electrons. The molecule has 3 aromatic rings. The molecule has 0 amide bonds. The number of nitrogens with two attached hydrogens (primary N) is 1. The highest BCUT2D eigenvalue weighted by atomic mass is 35.5. The van der Waals surface area contributed by atoms with Gasteiger partial charge in [-0.3, -0.25) is 10.1 Å². The quantitative estimate of drug-likeness (QED) is 0.255. The van der Waals surface area contributed by atoms with E-state index in [2.05, 4.69) is 10.3 Å². The number of aromatic hydroxyl groups is 1. The number of aromatic amines is 1. The maximum atomic E-state index is 11.7. The van der Waals surface area contributed by atoms with Crippen LogP contribution in [0.25, 0.3) is 10.2 Å². The number of fused-ring (bicyclic) bond motifs is 1. The highest BCUT2D eigenvalue weighted by Gasteiger charge is 2.30. The summed E-state index contributed by atoms with van der Waals surface area (Å²) in [6, 6.07) is 10.8. The lowest BCUT2D eigenvalue weighted by Crippen LogP contribution is -2.50. The van der Waals surface area contributed by atoms with Gasteiger partial charge in [0, 0.05) is 18.0 Å². The number of H-pyrrole nitrogens is 1. The predicted molar refractivity (Wildman–Crippen MR) is 140 cm³/mol. The second-order valence-electron chi connectivity index (χ2n) is 7.83. The fraction of sp³-hybridized carbons (Fsp3) is 0.409. The molecule has 5 N–H and O–H groups in total. The predicted octanol–water partition coefficient (Wildman–Crippen LogP) is 3.55. The van der Waals surface area contributed by atoms with Crippen LogP contribution in [0.5, 0.6) is 5.75 Å². The van der Waals surface area contributed by atoms with E-state index in [1.165, 1.54) is 0 Å². The van der Waals surface area contributed by atoms with Gasteiger partial charge in [0.15, 0.2) is 0 Å². The minimum Gasteiger partial charge on any atom is -0.506 e. The molecule has 1 unspecified atom stereocenters. The number of benzene rings is 2. The normalized spacial score (nSPS) is 13.5. The molecule has 0 saturated carbocycles. The van der Waals surface area contributed by atoms with Crippen LogP contribution in [0.1, 0.15) is 30.9 Å². The number of rotatable bonds is 12. The van der Waals surface area contributed by atoms with Crippen LogP contribution in [-0.2, 0) is 27.6 Å². The van der Waals surface area contributed by atoms with Gasteiger partial charge >= 0.3 is 4.87 Å². The zero-order valence-electron chi connectivity index (χ0n) is 18.7. The van der Waals surface area contributed by atoms with Crippen LogP contribution in [0.3, 0.4) is 0 Å². The molecule has 0 fully saturated rings. The highest BCUT2D eigenvalue weighted by molar-refractivity contribution is 7.89. The number of primary sulfonamides is 1. The number of phenolic OH excluding ortho intramolecular Hbond substituents is 1. The molecule has 1 atom stereocenters. The molecular formula is C22H29Cl2N3O5S2. The summed E-state index contributed by atoms with van der Waals surface area (Å²) in [5, 5.41) is 19.3. The lowest BCUT2D eigenvalue weighted by Gasteiger charge is -2.34. The first-order valence-electron chi connectivity index (χ1n) is 10.6. The number of phenols is 1. The van der Waals surface area contributed by atoms with Crippen molar-refractivity contribution in [2.45, 2.75) is 38.3 Å². The van der Waals surface area contributed by atoms with Gasteiger partial charge < -0.3 is 14.8 Å². The fourth-order valence-corrected chi connectivity index (χ4v) is 5.27. The summed E-state index contributed by atoms with van der Waals surface area (Å²) in [5.74, 6) is -0.181. The van der Waals surface area contributed by atoms with E-state index in [9.17, 15) is 18.3 Å². The third-order valence-electron chi connectivity index (χ3n) is 5.52. The smallest absolute Gasteiger partial charge is 0.305 e. The van der Waals surface area contributed by atoms with Gasteiger partial charge in [-0.05, 0) is 48.6 Å². The van der Waals surface area contributed by atoms with Crippen molar-refractivity contribution >= 4 is 55.6 Å². The van der Waals surface area contributed by atoms with Crippen LogP contribution in [0, 0.1) is 0 Å². The van der Waals surface area contributed by atoms with Crippen molar-refractivity contribution in [2.24, 2.45) is 5.14 Å². The topological polar surface area (TPSA) is 135 Å². The van der Waals surface area contributed by atoms with E-state index < -0.39 is 15.7 Å². The van der Waals surface area contributed by atoms with E-state index in [-0.39, 0.29) is 35.2 Å². The molecular weight excluding hydrogens is 521 g/mol. The molecule has 0 spiro atoms. The third-order valence-corrected chi connectivity index (χ3v) is 7.51. The summed E-state index contributed by atoms with van der Waals surface area (Å²) in [6.07, 6.45) is 1.94. The van der Waals surface area contributed by atoms with Crippen molar-refractivity contribution in [3.8, 4) is 5.75 Å². The Morgan fingerprint density at radius 2 is 1.91 bits per heavy atom. The van der Waals surface area contributed by atoms with Gasteiger partial charge in [-0.2, -0.15) is 0 Å². The molecule has 0 radical (unpaired) electrons. The molecule has 0 aliphatic heterocycles. The largest absolute Gasteiger partial charge is 0.506 e. The van der Waals surface area contributed by atoms with Crippen LogP contribution < -0.4 is 15.3 Å².